The van der Waals surface area contributed by atoms with Gasteiger partial charge in [-0.1, -0.05) is 12.1 Å². The second-order valence-electron chi connectivity index (χ2n) is 5.52. The van der Waals surface area contributed by atoms with Crippen molar-refractivity contribution in [3.05, 3.63) is 47.9 Å². The molecule has 24 heavy (non-hydrogen) atoms. The molecule has 7 nitrogen and oxygen atoms in total. The monoisotopic (exact) mass is 321 g/mol. The molecule has 0 radical (unpaired) electrons. The standard InChI is InChI=1S/C16H16BN5O2/c1-2-22(16-13-5-6-18-15(13)19-10-20-16)21-8-11-3-4-14-12(7-11)9-24-17(14)23/h3-8,10,23H,2,9H2,1H3,(H,18,19,20)/b21-8+. The number of hydrazone groups is 1. The van der Waals surface area contributed by atoms with Gasteiger partial charge in [0, 0.05) is 12.7 Å². The molecule has 0 saturated heterocycles. The van der Waals surface area contributed by atoms with Crippen LogP contribution in [0.25, 0.3) is 11.0 Å². The summed E-state index contributed by atoms with van der Waals surface area (Å²) in [6.07, 6.45) is 5.15. The average Bonchev–Trinajstić information content (AvgIpc) is 3.22. The van der Waals surface area contributed by atoms with E-state index in [1.807, 2.05) is 42.4 Å². The van der Waals surface area contributed by atoms with E-state index in [0.29, 0.717) is 13.2 Å². The highest BCUT2D eigenvalue weighted by Gasteiger charge is 2.26. The molecule has 0 bridgehead atoms. The molecule has 3 aromatic rings. The minimum absolute atomic E-state index is 0.422. The molecule has 4 rings (SSSR count). The van der Waals surface area contributed by atoms with Crippen molar-refractivity contribution < 1.29 is 9.68 Å². The fraction of sp³-hybridized carbons (Fsp3) is 0.188. The summed E-state index contributed by atoms with van der Waals surface area (Å²) >= 11 is 0. The molecule has 8 heteroatoms. The Bertz CT molecular complexity index is 910. The van der Waals surface area contributed by atoms with Gasteiger partial charge in [-0.15, -0.1) is 0 Å². The molecular formula is C16H16BN5O2. The lowest BCUT2D eigenvalue weighted by molar-refractivity contribution is 0.275. The highest BCUT2D eigenvalue weighted by molar-refractivity contribution is 6.61. The number of anilines is 1. The molecule has 0 fully saturated rings. The maximum Gasteiger partial charge on any atom is 0.491 e. The summed E-state index contributed by atoms with van der Waals surface area (Å²) in [5, 5.41) is 17.0. The molecule has 2 N–H and O–H groups in total. The normalized spacial score (nSPS) is 13.8. The molecule has 0 spiro atoms. The maximum atomic E-state index is 9.68. The quantitative estimate of drug-likeness (QED) is 0.426. The van der Waals surface area contributed by atoms with Gasteiger partial charge in [-0.25, -0.2) is 15.0 Å². The van der Waals surface area contributed by atoms with Gasteiger partial charge in [-0.2, -0.15) is 5.10 Å². The molecule has 120 valence electrons. The Labute approximate surface area is 139 Å². The molecule has 0 aliphatic carbocycles. The van der Waals surface area contributed by atoms with E-state index in [1.54, 1.807) is 6.21 Å². The average molecular weight is 321 g/mol. The molecule has 0 saturated carbocycles. The van der Waals surface area contributed by atoms with Crippen LogP contribution in [0.3, 0.4) is 0 Å². The van der Waals surface area contributed by atoms with Crippen molar-refractivity contribution in [2.24, 2.45) is 5.10 Å². The zero-order valence-electron chi connectivity index (χ0n) is 13.2. The predicted molar refractivity (Wildman–Crippen MR) is 93.3 cm³/mol. The van der Waals surface area contributed by atoms with Crippen LogP contribution in [0.4, 0.5) is 5.82 Å². The third-order valence-corrected chi connectivity index (χ3v) is 4.05. The van der Waals surface area contributed by atoms with Crippen molar-refractivity contribution in [3.8, 4) is 0 Å². The van der Waals surface area contributed by atoms with E-state index in [-0.39, 0.29) is 0 Å². The summed E-state index contributed by atoms with van der Waals surface area (Å²) in [5.41, 5.74) is 3.55. The van der Waals surface area contributed by atoms with E-state index < -0.39 is 7.12 Å². The first kappa shape index (κ1) is 14.9. The number of rotatable bonds is 4. The Morgan fingerprint density at radius 2 is 2.33 bits per heavy atom. The summed E-state index contributed by atoms with van der Waals surface area (Å²) in [5.74, 6) is 0.764. The Balaban J connectivity index is 1.63. The summed E-state index contributed by atoms with van der Waals surface area (Å²) in [7, 11) is -0.818. The molecular weight excluding hydrogens is 305 g/mol. The van der Waals surface area contributed by atoms with Gasteiger partial charge in [0.1, 0.15) is 12.0 Å². The Morgan fingerprint density at radius 3 is 3.21 bits per heavy atom. The predicted octanol–water partition coefficient (Wildman–Crippen LogP) is 1.04. The van der Waals surface area contributed by atoms with Gasteiger partial charge in [-0.3, -0.25) is 0 Å². The molecule has 3 heterocycles. The molecule has 0 atom stereocenters. The van der Waals surface area contributed by atoms with E-state index in [1.165, 1.54) is 6.33 Å². The topological polar surface area (TPSA) is 86.6 Å². The van der Waals surface area contributed by atoms with Crippen LogP contribution in [0.1, 0.15) is 18.1 Å². The highest BCUT2D eigenvalue weighted by Crippen LogP contribution is 2.22. The van der Waals surface area contributed by atoms with Crippen LogP contribution < -0.4 is 10.5 Å². The molecule has 1 aliphatic heterocycles. The largest absolute Gasteiger partial charge is 0.491 e. The first-order valence-electron chi connectivity index (χ1n) is 7.78. The van der Waals surface area contributed by atoms with Crippen molar-refractivity contribution in [1.82, 2.24) is 15.0 Å². The molecule has 1 aliphatic rings. The molecule has 2 aromatic heterocycles. The zero-order valence-corrected chi connectivity index (χ0v) is 13.2. The summed E-state index contributed by atoms with van der Waals surface area (Å²) in [4.78, 5) is 11.6. The number of aromatic nitrogens is 3. The first-order chi connectivity index (χ1) is 11.8. The van der Waals surface area contributed by atoms with Gasteiger partial charge in [0.15, 0.2) is 5.82 Å². The van der Waals surface area contributed by atoms with Gasteiger partial charge in [0.2, 0.25) is 0 Å². The van der Waals surface area contributed by atoms with Crippen molar-refractivity contribution >= 4 is 35.6 Å². The molecule has 1 aromatic carbocycles. The van der Waals surface area contributed by atoms with E-state index in [4.69, 9.17) is 4.65 Å². The maximum absolute atomic E-state index is 9.68. The Morgan fingerprint density at radius 1 is 1.42 bits per heavy atom. The number of hydrogen-bond donors (Lipinski definition) is 2. The smallest absolute Gasteiger partial charge is 0.423 e. The van der Waals surface area contributed by atoms with Crippen LogP contribution >= 0.6 is 0 Å². The SMILES string of the molecule is CCN(/N=C/c1ccc2c(c1)COB2O)c1ncnc2[nH]ccc12. The van der Waals surface area contributed by atoms with E-state index in [2.05, 4.69) is 20.1 Å². The van der Waals surface area contributed by atoms with E-state index in [0.717, 1.165) is 33.4 Å². The van der Waals surface area contributed by atoms with Crippen molar-refractivity contribution in [2.75, 3.05) is 11.6 Å². The number of benzene rings is 1. The van der Waals surface area contributed by atoms with Gasteiger partial charge in [0.05, 0.1) is 18.2 Å². The summed E-state index contributed by atoms with van der Waals surface area (Å²) in [6, 6.07) is 7.71. The molecule has 0 unspecified atom stereocenters. The number of nitrogens with zero attached hydrogens (tertiary/aromatic N) is 4. The Kier molecular flexibility index (Phi) is 3.76. The lowest BCUT2D eigenvalue weighted by Gasteiger charge is -2.16. The molecule has 0 amide bonds. The minimum Gasteiger partial charge on any atom is -0.423 e. The first-order valence-corrected chi connectivity index (χ1v) is 7.78. The van der Waals surface area contributed by atoms with Gasteiger partial charge >= 0.3 is 7.12 Å². The lowest BCUT2D eigenvalue weighted by atomic mass is 9.79. The number of nitrogens with one attached hydrogen (secondary N) is 1. The van der Waals surface area contributed by atoms with Crippen molar-refractivity contribution in [1.29, 1.82) is 0 Å². The lowest BCUT2D eigenvalue weighted by Crippen LogP contribution is -2.27. The van der Waals surface area contributed by atoms with Gasteiger partial charge < -0.3 is 14.7 Å². The van der Waals surface area contributed by atoms with Crippen molar-refractivity contribution in [3.63, 3.8) is 0 Å². The third kappa shape index (κ3) is 2.55. The summed E-state index contributed by atoms with van der Waals surface area (Å²) in [6.45, 7) is 3.12. The van der Waals surface area contributed by atoms with Gasteiger partial charge in [-0.05, 0) is 35.6 Å². The third-order valence-electron chi connectivity index (χ3n) is 4.05. The van der Waals surface area contributed by atoms with Gasteiger partial charge in [0.25, 0.3) is 0 Å². The van der Waals surface area contributed by atoms with Crippen LogP contribution in [0.15, 0.2) is 41.9 Å². The summed E-state index contributed by atoms with van der Waals surface area (Å²) < 4.78 is 5.21. The van der Waals surface area contributed by atoms with E-state index in [9.17, 15) is 5.02 Å². The van der Waals surface area contributed by atoms with Crippen LogP contribution in [0.5, 0.6) is 0 Å². The number of aromatic amines is 1. The fourth-order valence-electron chi connectivity index (χ4n) is 2.82. The van der Waals surface area contributed by atoms with Crippen molar-refractivity contribution in [2.45, 2.75) is 13.5 Å². The zero-order chi connectivity index (χ0) is 16.5. The number of H-pyrrole nitrogens is 1. The fourth-order valence-corrected chi connectivity index (χ4v) is 2.82. The van der Waals surface area contributed by atoms with Crippen LogP contribution in [-0.4, -0.2) is 39.9 Å². The number of hydrogen-bond acceptors (Lipinski definition) is 6. The number of fused-ring (bicyclic) bond motifs is 2. The minimum atomic E-state index is -0.818. The van der Waals surface area contributed by atoms with E-state index >= 15 is 0 Å². The second-order valence-corrected chi connectivity index (χ2v) is 5.52. The second kappa shape index (κ2) is 6.07. The van der Waals surface area contributed by atoms with Crippen LogP contribution in [0, 0.1) is 0 Å². The highest BCUT2D eigenvalue weighted by atomic mass is 16.5. The van der Waals surface area contributed by atoms with Crippen LogP contribution in [0.2, 0.25) is 0 Å². The Hall–Kier alpha value is -2.71. The van der Waals surface area contributed by atoms with Crippen LogP contribution in [-0.2, 0) is 11.3 Å².